The average molecular weight is 563 g/mol. The summed E-state index contributed by atoms with van der Waals surface area (Å²) in [4.78, 5) is 21.5. The van der Waals surface area contributed by atoms with Crippen LogP contribution in [0, 0.1) is 23.7 Å². The fourth-order valence-corrected chi connectivity index (χ4v) is 6.43. The summed E-state index contributed by atoms with van der Waals surface area (Å²) in [5.74, 6) is 0.453. The molecule has 2 saturated heterocycles. The van der Waals surface area contributed by atoms with E-state index in [1.807, 2.05) is 19.1 Å². The fraction of sp³-hybridized carbons (Fsp3) is 0.467. The smallest absolute Gasteiger partial charge is 0.345 e. The molecule has 2 fully saturated rings. The number of fused-ring (bicyclic) bond motifs is 2. The highest BCUT2D eigenvalue weighted by Gasteiger charge is 2.50. The number of aromatic nitrogens is 3. The first-order chi connectivity index (χ1) is 19.6. The normalized spacial score (nSPS) is 19.2. The Hall–Kier alpha value is -3.88. The lowest BCUT2D eigenvalue weighted by Gasteiger charge is -2.47. The third kappa shape index (κ3) is 4.96. The zero-order valence-corrected chi connectivity index (χ0v) is 23.3. The van der Waals surface area contributed by atoms with Crippen LogP contribution in [0.25, 0.3) is 22.0 Å². The molecule has 0 atom stereocenters. The van der Waals surface area contributed by atoms with Crippen molar-refractivity contribution >= 4 is 22.6 Å². The zero-order valence-electron chi connectivity index (χ0n) is 23.3. The summed E-state index contributed by atoms with van der Waals surface area (Å²) in [6, 6.07) is 6.53. The van der Waals surface area contributed by atoms with Crippen molar-refractivity contribution in [2.24, 2.45) is 5.41 Å². The van der Waals surface area contributed by atoms with E-state index in [1.165, 1.54) is 12.2 Å². The highest BCUT2D eigenvalue weighted by atomic mass is 19.3. The third-order valence-corrected chi connectivity index (χ3v) is 8.44. The lowest BCUT2D eigenvalue weighted by molar-refractivity contribution is -0.137. The Morgan fingerprint density at radius 3 is 2.85 bits per heavy atom. The molecule has 0 unspecified atom stereocenters. The van der Waals surface area contributed by atoms with Crippen molar-refractivity contribution in [1.29, 1.82) is 5.26 Å². The molecular weight excluding hydrogens is 530 g/mol. The summed E-state index contributed by atoms with van der Waals surface area (Å²) >= 11 is 0. The minimum absolute atomic E-state index is 0.101. The minimum Gasteiger partial charge on any atom is -0.370 e. The van der Waals surface area contributed by atoms with Gasteiger partial charge in [0.25, 0.3) is 0 Å². The van der Waals surface area contributed by atoms with Gasteiger partial charge in [0, 0.05) is 60.6 Å². The number of nitriles is 1. The van der Waals surface area contributed by atoms with Crippen LogP contribution in [0.3, 0.4) is 0 Å². The van der Waals surface area contributed by atoms with Crippen LogP contribution < -0.4 is 4.90 Å². The quantitative estimate of drug-likeness (QED) is 0.441. The van der Waals surface area contributed by atoms with Gasteiger partial charge in [0.15, 0.2) is 0 Å². The van der Waals surface area contributed by atoms with Gasteiger partial charge in [0.1, 0.15) is 17.5 Å². The predicted octanol–water partition coefficient (Wildman–Crippen LogP) is 4.49. The number of alkyl halides is 2. The maximum absolute atomic E-state index is 12.5. The summed E-state index contributed by atoms with van der Waals surface area (Å²) in [6.45, 7) is 5.86. The number of hydrogen-bond donors (Lipinski definition) is 1. The van der Waals surface area contributed by atoms with E-state index < -0.39 is 6.61 Å². The molecule has 3 aliphatic rings. The number of H-pyrrole nitrogens is 1. The molecule has 5 heterocycles. The summed E-state index contributed by atoms with van der Waals surface area (Å²) < 4.78 is 34.7. The van der Waals surface area contributed by atoms with Gasteiger partial charge >= 0.3 is 6.61 Å². The van der Waals surface area contributed by atoms with Gasteiger partial charge in [-0.1, -0.05) is 12.1 Å². The van der Waals surface area contributed by atoms with E-state index in [-0.39, 0.29) is 23.5 Å². The SMILES string of the molecule is Cc1ccc2[nH]ncc2c1-c1c(C#N)c(N2CCC3(CN(C(=O)/C=C/COC(F)F)C3)C2)nc2c1COC(C)(C)C2. The molecule has 0 radical (unpaired) electrons. The molecule has 0 bridgehead atoms. The number of rotatable bonds is 6. The predicted molar refractivity (Wildman–Crippen MR) is 148 cm³/mol. The van der Waals surface area contributed by atoms with Gasteiger partial charge in [0.05, 0.1) is 36.2 Å². The minimum atomic E-state index is -2.86. The molecular formula is C30H32F2N6O3. The fourth-order valence-electron chi connectivity index (χ4n) is 6.43. The van der Waals surface area contributed by atoms with Crippen LogP contribution in [0.5, 0.6) is 0 Å². The standard InChI is InChI=1S/C30H32F2N6O3/c1-18-6-7-22-20(13-34-36-22)25(18)26-19(12-33)27(35-23-11-29(2,3)41-14-21(23)26)37-9-8-30(15-37)16-38(17-30)24(39)5-4-10-40-28(31)32/h4-7,13,28H,8-11,14-17H2,1-3H3,(H,34,36)/b5-4+. The number of benzene rings is 1. The number of hydrogen-bond acceptors (Lipinski definition) is 7. The Morgan fingerprint density at radius 2 is 2.10 bits per heavy atom. The lowest BCUT2D eigenvalue weighted by Crippen LogP contribution is -2.59. The second-order valence-corrected chi connectivity index (χ2v) is 11.9. The number of halogens is 2. The average Bonchev–Trinajstić information content (AvgIpc) is 3.56. The van der Waals surface area contributed by atoms with Crippen molar-refractivity contribution < 1.29 is 23.0 Å². The zero-order chi connectivity index (χ0) is 28.9. The summed E-state index contributed by atoms with van der Waals surface area (Å²) in [6.07, 6.45) is 5.88. The lowest BCUT2D eigenvalue weighted by atomic mass is 9.79. The van der Waals surface area contributed by atoms with Crippen LogP contribution in [0.15, 0.2) is 30.5 Å². The van der Waals surface area contributed by atoms with Crippen LogP contribution in [0.1, 0.15) is 42.7 Å². The number of carbonyl (C=O) groups excluding carboxylic acids is 1. The van der Waals surface area contributed by atoms with Gasteiger partial charge in [-0.3, -0.25) is 9.89 Å². The molecule has 1 amide bonds. The molecule has 0 aliphatic carbocycles. The van der Waals surface area contributed by atoms with Crippen molar-refractivity contribution in [2.75, 3.05) is 37.7 Å². The van der Waals surface area contributed by atoms with E-state index in [9.17, 15) is 18.8 Å². The van der Waals surface area contributed by atoms with Gasteiger partial charge in [-0.2, -0.15) is 19.1 Å². The van der Waals surface area contributed by atoms with E-state index >= 15 is 0 Å². The number of ether oxygens (including phenoxy) is 2. The van der Waals surface area contributed by atoms with Crippen molar-refractivity contribution in [2.45, 2.75) is 52.4 Å². The summed E-state index contributed by atoms with van der Waals surface area (Å²) in [7, 11) is 0. The van der Waals surface area contributed by atoms with E-state index in [4.69, 9.17) is 9.72 Å². The van der Waals surface area contributed by atoms with Crippen molar-refractivity contribution in [3.63, 3.8) is 0 Å². The van der Waals surface area contributed by atoms with Crippen molar-refractivity contribution in [3.8, 4) is 17.2 Å². The molecule has 1 spiro atoms. The van der Waals surface area contributed by atoms with E-state index in [2.05, 4.69) is 39.8 Å². The Labute approximate surface area is 236 Å². The third-order valence-electron chi connectivity index (χ3n) is 8.44. The molecule has 11 heteroatoms. The first-order valence-electron chi connectivity index (χ1n) is 13.7. The van der Waals surface area contributed by atoms with Crippen molar-refractivity contribution in [3.05, 3.63) is 52.9 Å². The van der Waals surface area contributed by atoms with Crippen LogP contribution in [-0.4, -0.2) is 71.0 Å². The molecule has 41 heavy (non-hydrogen) atoms. The second-order valence-electron chi connectivity index (χ2n) is 11.9. The van der Waals surface area contributed by atoms with Crippen LogP contribution in [0.2, 0.25) is 0 Å². The first kappa shape index (κ1) is 27.3. The van der Waals surface area contributed by atoms with E-state index in [0.29, 0.717) is 44.0 Å². The van der Waals surface area contributed by atoms with Gasteiger partial charge in [-0.25, -0.2) is 4.98 Å². The van der Waals surface area contributed by atoms with Gasteiger partial charge in [-0.15, -0.1) is 0 Å². The number of anilines is 1. The number of aryl methyl sites for hydroxylation is 1. The topological polar surface area (TPSA) is 107 Å². The van der Waals surface area contributed by atoms with E-state index in [1.54, 1.807) is 11.1 Å². The summed E-state index contributed by atoms with van der Waals surface area (Å²) in [5, 5.41) is 18.9. The number of nitrogens with zero attached hydrogens (tertiary/aromatic N) is 5. The molecule has 1 N–H and O–H groups in total. The molecule has 0 saturated carbocycles. The van der Waals surface area contributed by atoms with Gasteiger partial charge in [-0.05, 0) is 44.4 Å². The van der Waals surface area contributed by atoms with E-state index in [0.717, 1.165) is 51.8 Å². The monoisotopic (exact) mass is 562 g/mol. The van der Waals surface area contributed by atoms with Crippen LogP contribution >= 0.6 is 0 Å². The highest BCUT2D eigenvalue weighted by molar-refractivity contribution is 5.99. The molecule has 2 aromatic heterocycles. The Kier molecular flexibility index (Phi) is 6.78. The number of nitrogens with one attached hydrogen (secondary N) is 1. The highest BCUT2D eigenvalue weighted by Crippen LogP contribution is 2.46. The molecule has 214 valence electrons. The largest absolute Gasteiger partial charge is 0.370 e. The first-order valence-corrected chi connectivity index (χ1v) is 13.7. The molecule has 3 aromatic rings. The Balaban J connectivity index is 1.33. The number of carbonyl (C=O) groups is 1. The maximum Gasteiger partial charge on any atom is 0.345 e. The molecule has 3 aliphatic heterocycles. The molecule has 9 nitrogen and oxygen atoms in total. The summed E-state index contributed by atoms with van der Waals surface area (Å²) in [5.41, 5.74) is 5.68. The Morgan fingerprint density at radius 1 is 1.29 bits per heavy atom. The maximum atomic E-state index is 12.5. The number of pyridine rings is 1. The second kappa shape index (κ2) is 10.2. The number of aromatic amines is 1. The molecule has 1 aromatic carbocycles. The number of likely N-dealkylation sites (tertiary alicyclic amines) is 1. The van der Waals surface area contributed by atoms with Crippen LogP contribution in [-0.2, 0) is 27.3 Å². The van der Waals surface area contributed by atoms with Crippen molar-refractivity contribution in [1.82, 2.24) is 20.1 Å². The van der Waals surface area contributed by atoms with Gasteiger partial charge < -0.3 is 19.3 Å². The number of amides is 1. The van der Waals surface area contributed by atoms with Crippen LogP contribution in [0.4, 0.5) is 14.6 Å². The molecule has 6 rings (SSSR count). The Bertz CT molecular complexity index is 1590. The van der Waals surface area contributed by atoms with Gasteiger partial charge in [0.2, 0.25) is 5.91 Å².